The van der Waals surface area contributed by atoms with Crippen molar-refractivity contribution in [3.8, 4) is 5.75 Å². The van der Waals surface area contributed by atoms with Crippen LogP contribution in [0.15, 0.2) is 24.3 Å². The Labute approximate surface area is 104 Å². The minimum atomic E-state index is -1.03. The monoisotopic (exact) mass is 256 g/mol. The molecule has 5 heteroatoms. The average Bonchev–Trinajstić information content (AvgIpc) is 2.28. The minimum absolute atomic E-state index is 0.0255. The van der Waals surface area contributed by atoms with Gasteiger partial charge in [0.2, 0.25) is 0 Å². The second-order valence-corrected chi connectivity index (χ2v) is 4.37. The molecule has 0 saturated heterocycles. The number of halogens is 1. The van der Waals surface area contributed by atoms with Crippen LogP contribution in [0.3, 0.4) is 0 Å². The molecular formula is C12H13ClO4. The quantitative estimate of drug-likeness (QED) is 0.511. The van der Waals surface area contributed by atoms with E-state index in [-0.39, 0.29) is 17.2 Å². The number of carboxylic acid groups (broad SMARTS) is 1. The van der Waals surface area contributed by atoms with Gasteiger partial charge in [-0.3, -0.25) is 4.79 Å². The van der Waals surface area contributed by atoms with Crippen LogP contribution in [0.25, 0.3) is 0 Å². The fourth-order valence-electron chi connectivity index (χ4n) is 1.11. The summed E-state index contributed by atoms with van der Waals surface area (Å²) in [5.74, 6) is -1.31. The van der Waals surface area contributed by atoms with Gasteiger partial charge in [0, 0.05) is 0 Å². The van der Waals surface area contributed by atoms with Crippen molar-refractivity contribution in [3.63, 3.8) is 0 Å². The molecule has 1 rings (SSSR count). The van der Waals surface area contributed by atoms with Gasteiger partial charge in [-0.2, -0.15) is 0 Å². The van der Waals surface area contributed by atoms with E-state index in [9.17, 15) is 9.59 Å². The molecule has 1 N–H and O–H groups in total. The average molecular weight is 257 g/mol. The van der Waals surface area contributed by atoms with E-state index in [0.717, 1.165) is 0 Å². The summed E-state index contributed by atoms with van der Waals surface area (Å²) in [6.07, 6.45) is 0. The SMILES string of the molecule is CC(C)C(Cl)C(=O)Oc1ccc(C(=O)O)cc1. The fourth-order valence-corrected chi connectivity index (χ4v) is 1.15. The molecule has 0 aliphatic heterocycles. The van der Waals surface area contributed by atoms with Crippen LogP contribution in [0.1, 0.15) is 24.2 Å². The highest BCUT2D eigenvalue weighted by atomic mass is 35.5. The maximum absolute atomic E-state index is 11.5. The van der Waals surface area contributed by atoms with Crippen molar-refractivity contribution in [1.29, 1.82) is 0 Å². The molecule has 17 heavy (non-hydrogen) atoms. The first kappa shape index (κ1) is 13.5. The Bertz CT molecular complexity index is 411. The van der Waals surface area contributed by atoms with Crippen LogP contribution in [0, 0.1) is 5.92 Å². The third kappa shape index (κ3) is 3.75. The molecule has 0 aliphatic carbocycles. The molecule has 0 radical (unpaired) electrons. The Kier molecular flexibility index (Phi) is 4.52. The van der Waals surface area contributed by atoms with Gasteiger partial charge >= 0.3 is 11.9 Å². The van der Waals surface area contributed by atoms with E-state index in [1.165, 1.54) is 24.3 Å². The number of carbonyl (C=O) groups is 2. The van der Waals surface area contributed by atoms with Crippen molar-refractivity contribution in [1.82, 2.24) is 0 Å². The zero-order valence-corrected chi connectivity index (χ0v) is 10.3. The Balaban J connectivity index is 2.70. The topological polar surface area (TPSA) is 63.6 Å². The summed E-state index contributed by atoms with van der Waals surface area (Å²) in [5, 5.41) is 7.98. The lowest BCUT2D eigenvalue weighted by Crippen LogP contribution is -2.25. The lowest BCUT2D eigenvalue weighted by atomic mass is 10.1. The third-order valence-corrected chi connectivity index (χ3v) is 2.81. The Morgan fingerprint density at radius 2 is 1.76 bits per heavy atom. The predicted molar refractivity (Wildman–Crippen MR) is 63.5 cm³/mol. The molecule has 4 nitrogen and oxygen atoms in total. The molecule has 0 heterocycles. The molecule has 0 saturated carbocycles. The van der Waals surface area contributed by atoms with E-state index in [1.807, 2.05) is 13.8 Å². The summed E-state index contributed by atoms with van der Waals surface area (Å²) >= 11 is 5.83. The van der Waals surface area contributed by atoms with Gasteiger partial charge in [-0.1, -0.05) is 13.8 Å². The molecule has 0 amide bonds. The number of aromatic carboxylic acids is 1. The van der Waals surface area contributed by atoms with Crippen LogP contribution >= 0.6 is 11.6 Å². The maximum atomic E-state index is 11.5. The summed E-state index contributed by atoms with van der Waals surface area (Å²) < 4.78 is 5.01. The van der Waals surface area contributed by atoms with Gasteiger partial charge in [0.25, 0.3) is 0 Å². The van der Waals surface area contributed by atoms with Gasteiger partial charge in [0.05, 0.1) is 5.56 Å². The summed E-state index contributed by atoms with van der Waals surface area (Å²) in [6, 6.07) is 5.57. The number of hydrogen-bond acceptors (Lipinski definition) is 3. The number of alkyl halides is 1. The number of rotatable bonds is 4. The van der Waals surface area contributed by atoms with E-state index < -0.39 is 17.3 Å². The summed E-state index contributed by atoms with van der Waals surface area (Å²) in [4.78, 5) is 22.1. The van der Waals surface area contributed by atoms with Gasteiger partial charge in [-0.25, -0.2) is 4.79 Å². The summed E-state index contributed by atoms with van der Waals surface area (Å²) in [5.41, 5.74) is 0.135. The molecule has 0 fully saturated rings. The van der Waals surface area contributed by atoms with E-state index >= 15 is 0 Å². The lowest BCUT2D eigenvalue weighted by molar-refractivity contribution is -0.134. The zero-order chi connectivity index (χ0) is 13.0. The molecule has 1 unspecified atom stereocenters. The highest BCUT2D eigenvalue weighted by molar-refractivity contribution is 6.30. The number of ether oxygens (including phenoxy) is 1. The smallest absolute Gasteiger partial charge is 0.335 e. The molecule has 1 atom stereocenters. The fraction of sp³-hybridized carbons (Fsp3) is 0.333. The second kappa shape index (κ2) is 5.68. The van der Waals surface area contributed by atoms with Gasteiger partial charge in [-0.05, 0) is 30.2 Å². The lowest BCUT2D eigenvalue weighted by Gasteiger charge is -2.12. The number of carbonyl (C=O) groups excluding carboxylic acids is 1. The predicted octanol–water partition coefficient (Wildman–Crippen LogP) is 2.55. The normalized spacial score (nSPS) is 12.2. The van der Waals surface area contributed by atoms with Crippen LogP contribution in [-0.4, -0.2) is 22.4 Å². The number of benzene rings is 1. The van der Waals surface area contributed by atoms with Crippen LogP contribution < -0.4 is 4.74 Å². The maximum Gasteiger partial charge on any atom is 0.335 e. The van der Waals surface area contributed by atoms with Gasteiger partial charge in [0.1, 0.15) is 11.1 Å². The highest BCUT2D eigenvalue weighted by Crippen LogP contribution is 2.16. The van der Waals surface area contributed by atoms with Crippen molar-refractivity contribution in [2.75, 3.05) is 0 Å². The molecule has 0 spiro atoms. The Morgan fingerprint density at radius 3 is 2.18 bits per heavy atom. The van der Waals surface area contributed by atoms with Crippen LogP contribution in [0.5, 0.6) is 5.75 Å². The number of hydrogen-bond donors (Lipinski definition) is 1. The minimum Gasteiger partial charge on any atom is -0.478 e. The van der Waals surface area contributed by atoms with E-state index in [2.05, 4.69) is 0 Å². The van der Waals surface area contributed by atoms with Gasteiger partial charge in [-0.15, -0.1) is 11.6 Å². The molecular weight excluding hydrogens is 244 g/mol. The largest absolute Gasteiger partial charge is 0.478 e. The molecule has 1 aromatic rings. The third-order valence-electron chi connectivity index (χ3n) is 2.13. The van der Waals surface area contributed by atoms with Crippen molar-refractivity contribution in [3.05, 3.63) is 29.8 Å². The van der Waals surface area contributed by atoms with Crippen LogP contribution in [0.4, 0.5) is 0 Å². The van der Waals surface area contributed by atoms with Gasteiger partial charge < -0.3 is 9.84 Å². The number of esters is 1. The zero-order valence-electron chi connectivity index (χ0n) is 9.51. The molecule has 92 valence electrons. The van der Waals surface area contributed by atoms with Crippen LogP contribution in [0.2, 0.25) is 0 Å². The van der Waals surface area contributed by atoms with E-state index in [4.69, 9.17) is 21.4 Å². The van der Waals surface area contributed by atoms with E-state index in [0.29, 0.717) is 0 Å². The van der Waals surface area contributed by atoms with Crippen LogP contribution in [-0.2, 0) is 4.79 Å². The molecule has 1 aromatic carbocycles. The van der Waals surface area contributed by atoms with Crippen molar-refractivity contribution < 1.29 is 19.4 Å². The van der Waals surface area contributed by atoms with E-state index in [1.54, 1.807) is 0 Å². The summed E-state index contributed by atoms with van der Waals surface area (Å²) in [7, 11) is 0. The standard InChI is InChI=1S/C12H13ClO4/c1-7(2)10(13)12(16)17-9-5-3-8(4-6-9)11(14)15/h3-7,10H,1-2H3,(H,14,15). The molecule has 0 aromatic heterocycles. The first-order valence-corrected chi connectivity index (χ1v) is 5.54. The second-order valence-electron chi connectivity index (χ2n) is 3.90. The molecule has 0 aliphatic rings. The van der Waals surface area contributed by atoms with Gasteiger partial charge in [0.15, 0.2) is 0 Å². The Hall–Kier alpha value is -1.55. The van der Waals surface area contributed by atoms with Crippen molar-refractivity contribution >= 4 is 23.5 Å². The van der Waals surface area contributed by atoms with Crippen molar-refractivity contribution in [2.45, 2.75) is 19.2 Å². The summed E-state index contributed by atoms with van der Waals surface area (Å²) in [6.45, 7) is 3.62. The number of carboxylic acids is 1. The first-order valence-electron chi connectivity index (χ1n) is 5.11. The highest BCUT2D eigenvalue weighted by Gasteiger charge is 2.21. The Morgan fingerprint density at radius 1 is 1.24 bits per heavy atom. The first-order chi connectivity index (χ1) is 7.91. The molecule has 0 bridgehead atoms. The van der Waals surface area contributed by atoms with Crippen molar-refractivity contribution in [2.24, 2.45) is 5.92 Å².